The largest absolute Gasteiger partial charge is 0.497 e. The zero-order valence-corrected chi connectivity index (χ0v) is 16.1. The Morgan fingerprint density at radius 1 is 1.29 bits per heavy atom. The Bertz CT molecular complexity index is 899. The molecule has 0 aliphatic carbocycles. The van der Waals surface area contributed by atoms with E-state index in [4.69, 9.17) is 4.74 Å². The number of carbonyl (C=O) groups is 3. The molecule has 0 bridgehead atoms. The molecule has 4 amide bonds. The molecular formula is C20H23N4O4+. The number of hydrogen-bond donors (Lipinski definition) is 1. The number of rotatable bonds is 6. The Balaban J connectivity index is 1.72. The van der Waals surface area contributed by atoms with Crippen LogP contribution in [0.4, 0.5) is 4.79 Å². The molecule has 8 nitrogen and oxygen atoms in total. The predicted octanol–water partition coefficient (Wildman–Crippen LogP) is 1.24. The van der Waals surface area contributed by atoms with Crippen molar-refractivity contribution in [3.8, 4) is 0 Å². The van der Waals surface area contributed by atoms with Gasteiger partial charge in [0, 0.05) is 12.6 Å². The number of ether oxygens (including phenoxy) is 1. The second kappa shape index (κ2) is 8.16. The highest BCUT2D eigenvalue weighted by molar-refractivity contribution is 6.16. The smallest absolute Gasteiger partial charge is 0.446 e. The summed E-state index contributed by atoms with van der Waals surface area (Å²) in [6.07, 6.45) is 3.10. The minimum Gasteiger partial charge on any atom is -0.497 e. The zero-order chi connectivity index (χ0) is 20.3. The molecule has 0 aromatic heterocycles. The summed E-state index contributed by atoms with van der Waals surface area (Å²) in [5.74, 6) is -1.03. The molecule has 3 rings (SSSR count). The van der Waals surface area contributed by atoms with Gasteiger partial charge in [0.05, 0.1) is 13.7 Å². The number of imide groups is 1. The van der Waals surface area contributed by atoms with Crippen LogP contribution in [0.5, 0.6) is 0 Å². The second-order valence-electron chi connectivity index (χ2n) is 6.60. The number of fused-ring (bicyclic) bond motifs is 1. The molecule has 1 atom stereocenters. The van der Waals surface area contributed by atoms with Gasteiger partial charge in [-0.1, -0.05) is 29.8 Å². The minimum absolute atomic E-state index is 0.303. The van der Waals surface area contributed by atoms with E-state index in [9.17, 15) is 14.4 Å². The maximum Gasteiger partial charge on any atom is 0.446 e. The van der Waals surface area contributed by atoms with Crippen LogP contribution in [0, 0.1) is 12.8 Å². The first-order valence-electron chi connectivity index (χ1n) is 9.07. The fraction of sp³-hybridized carbons (Fsp3) is 0.350. The fourth-order valence-electron chi connectivity index (χ4n) is 3.08. The molecule has 8 heteroatoms. The lowest BCUT2D eigenvalue weighted by molar-refractivity contribution is -0.408. The first kappa shape index (κ1) is 19.5. The van der Waals surface area contributed by atoms with Gasteiger partial charge in [-0.25, -0.2) is 4.79 Å². The molecule has 0 fully saturated rings. The Kier molecular flexibility index (Phi) is 5.67. The van der Waals surface area contributed by atoms with Gasteiger partial charge in [0.15, 0.2) is 12.5 Å². The average molecular weight is 383 g/mol. The van der Waals surface area contributed by atoms with Gasteiger partial charge in [-0.2, -0.15) is 9.48 Å². The molecule has 28 heavy (non-hydrogen) atoms. The molecular weight excluding hydrogens is 360 g/mol. The third-order valence-corrected chi connectivity index (χ3v) is 4.59. The highest BCUT2D eigenvalue weighted by atomic mass is 16.5. The molecule has 2 aliphatic heterocycles. The van der Waals surface area contributed by atoms with Gasteiger partial charge in [-0.15, -0.1) is 4.99 Å². The highest BCUT2D eigenvalue weighted by Crippen LogP contribution is 2.24. The normalized spacial score (nSPS) is 18.8. The molecule has 0 saturated heterocycles. The third-order valence-electron chi connectivity index (χ3n) is 4.59. The monoisotopic (exact) mass is 383 g/mol. The first-order chi connectivity index (χ1) is 13.4. The van der Waals surface area contributed by atoms with Gasteiger partial charge in [0.1, 0.15) is 12.0 Å². The van der Waals surface area contributed by atoms with Gasteiger partial charge in [-0.3, -0.25) is 9.59 Å². The van der Waals surface area contributed by atoms with Crippen LogP contribution in [-0.2, 0) is 20.9 Å². The highest BCUT2D eigenvalue weighted by Gasteiger charge is 2.50. The molecule has 2 heterocycles. The van der Waals surface area contributed by atoms with Crippen molar-refractivity contribution in [1.29, 1.82) is 0 Å². The van der Waals surface area contributed by atoms with E-state index < -0.39 is 23.8 Å². The predicted molar refractivity (Wildman–Crippen MR) is 103 cm³/mol. The number of amides is 4. The van der Waals surface area contributed by atoms with Crippen LogP contribution in [0.2, 0.25) is 0 Å². The van der Waals surface area contributed by atoms with Gasteiger partial charge >= 0.3 is 11.9 Å². The summed E-state index contributed by atoms with van der Waals surface area (Å²) in [5, 5.41) is 2.74. The number of hydrogen-bond acceptors (Lipinski definition) is 5. The SMILES string of the molecule is CCOC1=CC=NC2=[N+](C)C(=O)N(CC(=O)NCc3ccc(C)cc3)C(=O)C12. The summed E-state index contributed by atoms with van der Waals surface area (Å²) in [4.78, 5) is 43.0. The number of dihydropyridines is 1. The van der Waals surface area contributed by atoms with Crippen molar-refractivity contribution < 1.29 is 23.7 Å². The number of amidine groups is 1. The topological polar surface area (TPSA) is 91.1 Å². The Hall–Kier alpha value is -3.29. The van der Waals surface area contributed by atoms with Crippen LogP contribution in [-0.4, -0.2) is 59.6 Å². The molecule has 0 saturated carbocycles. The molecule has 1 N–H and O–H groups in total. The lowest BCUT2D eigenvalue weighted by atomic mass is 9.99. The van der Waals surface area contributed by atoms with Crippen LogP contribution in [0.3, 0.4) is 0 Å². The Labute approximate surface area is 163 Å². The molecule has 0 radical (unpaired) electrons. The quantitative estimate of drug-likeness (QED) is 0.748. The summed E-state index contributed by atoms with van der Waals surface area (Å²) in [7, 11) is 1.53. The summed E-state index contributed by atoms with van der Waals surface area (Å²) in [6.45, 7) is 4.13. The van der Waals surface area contributed by atoms with Gasteiger partial charge < -0.3 is 10.1 Å². The molecule has 0 spiro atoms. The van der Waals surface area contributed by atoms with Crippen LogP contribution < -0.4 is 5.32 Å². The minimum atomic E-state index is -0.822. The van der Waals surface area contributed by atoms with Crippen molar-refractivity contribution in [2.45, 2.75) is 20.4 Å². The summed E-state index contributed by atoms with van der Waals surface area (Å²) >= 11 is 0. The van der Waals surface area contributed by atoms with E-state index in [1.165, 1.54) is 17.8 Å². The van der Waals surface area contributed by atoms with Crippen LogP contribution in [0.1, 0.15) is 18.1 Å². The molecule has 1 unspecified atom stereocenters. The first-order valence-corrected chi connectivity index (χ1v) is 9.07. The number of urea groups is 1. The number of allylic oxidation sites excluding steroid dienone is 1. The van der Waals surface area contributed by atoms with Crippen molar-refractivity contribution in [2.75, 3.05) is 20.2 Å². The third kappa shape index (κ3) is 3.85. The number of benzene rings is 1. The number of carbonyl (C=O) groups excluding carboxylic acids is 3. The van der Waals surface area contributed by atoms with Crippen molar-refractivity contribution in [3.63, 3.8) is 0 Å². The van der Waals surface area contributed by atoms with Crippen LogP contribution >= 0.6 is 0 Å². The lowest BCUT2D eigenvalue weighted by Gasteiger charge is -2.28. The van der Waals surface area contributed by atoms with E-state index in [1.807, 2.05) is 38.1 Å². The zero-order valence-electron chi connectivity index (χ0n) is 16.1. The van der Waals surface area contributed by atoms with E-state index in [1.54, 1.807) is 6.08 Å². The molecule has 1 aromatic carbocycles. The van der Waals surface area contributed by atoms with Crippen molar-refractivity contribution >= 4 is 29.9 Å². The van der Waals surface area contributed by atoms with Crippen LogP contribution in [0.25, 0.3) is 0 Å². The van der Waals surface area contributed by atoms with Crippen molar-refractivity contribution in [1.82, 2.24) is 10.2 Å². The number of nitrogens with zero attached hydrogens (tertiary/aromatic N) is 3. The number of aryl methyl sites for hydroxylation is 1. The van der Waals surface area contributed by atoms with Crippen molar-refractivity contribution in [3.05, 3.63) is 47.2 Å². The fourth-order valence-corrected chi connectivity index (χ4v) is 3.08. The van der Waals surface area contributed by atoms with E-state index in [0.29, 0.717) is 24.7 Å². The summed E-state index contributed by atoms with van der Waals surface area (Å²) < 4.78 is 6.82. The van der Waals surface area contributed by atoms with Gasteiger partial charge in [0.25, 0.3) is 11.7 Å². The molecule has 1 aromatic rings. The standard InChI is InChI=1S/C20H22N4O4/c1-4-28-15-9-10-21-18-17(15)19(26)24(20(27)23(18)3)12-16(25)22-11-14-7-5-13(2)6-8-14/h5-10,17H,4,11-12H2,1-3H3/p+1. The Morgan fingerprint density at radius 3 is 2.68 bits per heavy atom. The van der Waals surface area contributed by atoms with E-state index in [-0.39, 0.29) is 6.54 Å². The van der Waals surface area contributed by atoms with Crippen molar-refractivity contribution in [2.24, 2.45) is 10.9 Å². The summed E-state index contributed by atoms with van der Waals surface area (Å²) in [6, 6.07) is 7.16. The maximum atomic E-state index is 12.9. The van der Waals surface area contributed by atoms with E-state index in [0.717, 1.165) is 16.0 Å². The van der Waals surface area contributed by atoms with Gasteiger partial charge in [0.2, 0.25) is 0 Å². The maximum absolute atomic E-state index is 12.9. The molecule has 2 aliphatic rings. The van der Waals surface area contributed by atoms with Gasteiger partial charge in [-0.05, 0) is 19.4 Å². The molecule has 146 valence electrons. The number of nitrogens with one attached hydrogen (secondary N) is 1. The van der Waals surface area contributed by atoms with Crippen LogP contribution in [0.15, 0.2) is 41.1 Å². The van der Waals surface area contributed by atoms with E-state index >= 15 is 0 Å². The second-order valence-corrected chi connectivity index (χ2v) is 6.60. The summed E-state index contributed by atoms with van der Waals surface area (Å²) in [5.41, 5.74) is 2.06. The Morgan fingerprint density at radius 2 is 2.00 bits per heavy atom. The lowest BCUT2D eigenvalue weighted by Crippen LogP contribution is -2.56. The average Bonchev–Trinajstić information content (AvgIpc) is 2.69. The van der Waals surface area contributed by atoms with E-state index in [2.05, 4.69) is 10.3 Å². The number of aliphatic imine (C=N–C) groups is 1.